The number of halogens is 1. The monoisotopic (exact) mass is 426 g/mol. The third kappa shape index (κ3) is 5.57. The molecule has 2 amide bonds. The molecule has 1 aliphatic rings. The molecule has 1 aromatic carbocycles. The fourth-order valence-electron chi connectivity index (χ4n) is 2.88. The second-order valence-electron chi connectivity index (χ2n) is 7.05. The Morgan fingerprint density at radius 1 is 1.35 bits per heavy atom. The van der Waals surface area contributed by atoms with Gasteiger partial charge in [-0.2, -0.15) is 0 Å². The van der Waals surface area contributed by atoms with Gasteiger partial charge in [-0.1, -0.05) is 11.8 Å². The fourth-order valence-corrected chi connectivity index (χ4v) is 2.88. The zero-order valence-electron chi connectivity index (χ0n) is 17.0. The molecule has 8 nitrogen and oxygen atoms in total. The minimum atomic E-state index is -0.730. The molecule has 9 heteroatoms. The van der Waals surface area contributed by atoms with Crippen LogP contribution in [0.5, 0.6) is 0 Å². The van der Waals surface area contributed by atoms with Crippen LogP contribution in [0.15, 0.2) is 30.3 Å². The maximum Gasteiger partial charge on any atom is 0.269 e. The number of amides is 2. The molecule has 1 fully saturated rings. The quantitative estimate of drug-likeness (QED) is 0.569. The second kappa shape index (κ2) is 10.0. The number of ether oxygens (including phenoxy) is 1. The van der Waals surface area contributed by atoms with E-state index < -0.39 is 11.7 Å². The van der Waals surface area contributed by atoms with Crippen molar-refractivity contribution in [1.29, 1.82) is 0 Å². The minimum absolute atomic E-state index is 0.0119. The zero-order chi connectivity index (χ0) is 22.4. The molecule has 3 rings (SSSR count). The molecule has 0 bridgehead atoms. The van der Waals surface area contributed by atoms with Gasteiger partial charge in [0.25, 0.3) is 5.91 Å². The van der Waals surface area contributed by atoms with Crippen LogP contribution in [0.25, 0.3) is 11.3 Å². The van der Waals surface area contributed by atoms with Crippen molar-refractivity contribution >= 4 is 17.5 Å². The van der Waals surface area contributed by atoms with Crippen LogP contribution in [0.3, 0.4) is 0 Å². The number of hydrogen-bond donors (Lipinski definition) is 3. The molecule has 1 aliphatic heterocycles. The predicted molar refractivity (Wildman–Crippen MR) is 113 cm³/mol. The van der Waals surface area contributed by atoms with E-state index in [1.54, 1.807) is 19.2 Å². The molecule has 0 unspecified atom stereocenters. The minimum Gasteiger partial charge on any atom is -0.395 e. The van der Waals surface area contributed by atoms with E-state index in [4.69, 9.17) is 15.6 Å². The first-order chi connectivity index (χ1) is 14.9. The summed E-state index contributed by atoms with van der Waals surface area (Å²) in [6.45, 7) is 1.15. The van der Waals surface area contributed by atoms with Crippen LogP contribution < -0.4 is 11.1 Å². The predicted octanol–water partition coefficient (Wildman–Crippen LogP) is 0.990. The number of carbonyl (C=O) groups excluding carboxylic acids is 2. The van der Waals surface area contributed by atoms with Gasteiger partial charge in [0.05, 0.1) is 43.7 Å². The Labute approximate surface area is 179 Å². The summed E-state index contributed by atoms with van der Waals surface area (Å²) in [6, 6.07) is 7.55. The molecular weight excluding hydrogens is 403 g/mol. The first-order valence-corrected chi connectivity index (χ1v) is 9.67. The van der Waals surface area contributed by atoms with Crippen LogP contribution in [-0.2, 0) is 9.53 Å². The van der Waals surface area contributed by atoms with E-state index in [2.05, 4.69) is 22.1 Å². The number of rotatable bonds is 7. The Hall–Kier alpha value is -3.48. The summed E-state index contributed by atoms with van der Waals surface area (Å²) in [5, 5.41) is 12.0. The van der Waals surface area contributed by atoms with Gasteiger partial charge >= 0.3 is 0 Å². The van der Waals surface area contributed by atoms with Crippen molar-refractivity contribution in [2.24, 2.45) is 5.73 Å². The highest BCUT2D eigenvalue weighted by Gasteiger charge is 2.21. The van der Waals surface area contributed by atoms with Crippen LogP contribution in [-0.4, -0.2) is 66.3 Å². The summed E-state index contributed by atoms with van der Waals surface area (Å²) in [7, 11) is 1.58. The van der Waals surface area contributed by atoms with Crippen molar-refractivity contribution in [2.75, 3.05) is 38.7 Å². The summed E-state index contributed by atoms with van der Waals surface area (Å²) in [6.07, 6.45) is -0.0292. The maximum absolute atomic E-state index is 14.5. The van der Waals surface area contributed by atoms with Gasteiger partial charge in [0.1, 0.15) is 5.82 Å². The average Bonchev–Trinajstić information content (AvgIpc) is 2.72. The lowest BCUT2D eigenvalue weighted by Crippen LogP contribution is -2.40. The summed E-state index contributed by atoms with van der Waals surface area (Å²) in [5.74, 6) is 4.10. The lowest BCUT2D eigenvalue weighted by molar-refractivity contribution is -0.129. The first-order valence-electron chi connectivity index (χ1n) is 9.67. The number of nitrogens with two attached hydrogens (primary N) is 1. The number of hydrogen-bond acceptors (Lipinski definition) is 6. The number of likely N-dealkylation sites (N-methyl/N-ethyl adjacent to an activating group) is 1. The van der Waals surface area contributed by atoms with Gasteiger partial charge in [0.15, 0.2) is 5.69 Å². The maximum atomic E-state index is 14.5. The van der Waals surface area contributed by atoms with Crippen molar-refractivity contribution < 1.29 is 23.8 Å². The van der Waals surface area contributed by atoms with E-state index >= 15 is 0 Å². The number of aliphatic hydroxyl groups is 1. The molecule has 0 saturated carbocycles. The molecule has 162 valence electrons. The SMILES string of the molecule is CN(CCO)C(=O)CC#Cc1ccc(F)c(-c2ccc(NC3COC3)c(C(N)=O)n2)c1. The second-order valence-corrected chi connectivity index (χ2v) is 7.05. The number of primary amides is 1. The van der Waals surface area contributed by atoms with Crippen LogP contribution in [0, 0.1) is 17.7 Å². The molecule has 2 aromatic rings. The van der Waals surface area contributed by atoms with E-state index in [1.807, 2.05) is 0 Å². The molecule has 0 aliphatic carbocycles. The Morgan fingerprint density at radius 3 is 2.77 bits per heavy atom. The molecule has 0 atom stereocenters. The number of benzene rings is 1. The Bertz CT molecular complexity index is 1040. The highest BCUT2D eigenvalue weighted by Crippen LogP contribution is 2.26. The van der Waals surface area contributed by atoms with E-state index in [-0.39, 0.29) is 48.5 Å². The third-order valence-electron chi connectivity index (χ3n) is 4.70. The van der Waals surface area contributed by atoms with Gasteiger partial charge in [-0.3, -0.25) is 9.59 Å². The van der Waals surface area contributed by atoms with Gasteiger partial charge in [-0.05, 0) is 30.3 Å². The average molecular weight is 426 g/mol. The number of aromatic nitrogens is 1. The van der Waals surface area contributed by atoms with Crippen LogP contribution in [0.4, 0.5) is 10.1 Å². The van der Waals surface area contributed by atoms with Crippen molar-refractivity contribution in [3.63, 3.8) is 0 Å². The van der Waals surface area contributed by atoms with Crippen LogP contribution in [0.2, 0.25) is 0 Å². The molecular formula is C22H23FN4O4. The number of anilines is 1. The standard InChI is InChI=1S/C22H23FN4O4/c1-27(9-10-28)20(29)4-2-3-14-5-6-17(23)16(11-14)18-7-8-19(21(26-18)22(24)30)25-15-12-31-13-15/h5-8,11,15,25,28H,4,9-10,12-13H2,1H3,(H2,24,30). The van der Waals surface area contributed by atoms with Crippen molar-refractivity contribution in [3.8, 4) is 23.1 Å². The van der Waals surface area contributed by atoms with E-state index in [0.717, 1.165) is 0 Å². The van der Waals surface area contributed by atoms with Crippen molar-refractivity contribution in [3.05, 3.63) is 47.4 Å². The lowest BCUT2D eigenvalue weighted by atomic mass is 10.1. The van der Waals surface area contributed by atoms with Crippen LogP contribution >= 0.6 is 0 Å². The molecule has 31 heavy (non-hydrogen) atoms. The summed E-state index contributed by atoms with van der Waals surface area (Å²) < 4.78 is 19.6. The number of carbonyl (C=O) groups is 2. The Kier molecular flexibility index (Phi) is 7.18. The first kappa shape index (κ1) is 22.2. The van der Waals surface area contributed by atoms with Crippen LogP contribution in [0.1, 0.15) is 22.5 Å². The van der Waals surface area contributed by atoms with Gasteiger partial charge in [0.2, 0.25) is 5.91 Å². The molecule has 2 heterocycles. The number of aliphatic hydroxyl groups excluding tert-OH is 1. The fraction of sp³-hybridized carbons (Fsp3) is 0.318. The highest BCUT2D eigenvalue weighted by atomic mass is 19.1. The molecule has 1 saturated heterocycles. The van der Waals surface area contributed by atoms with Gasteiger partial charge in [-0.15, -0.1) is 0 Å². The smallest absolute Gasteiger partial charge is 0.269 e. The molecule has 4 N–H and O–H groups in total. The van der Waals surface area contributed by atoms with E-state index in [1.165, 1.54) is 23.1 Å². The number of pyridine rings is 1. The zero-order valence-corrected chi connectivity index (χ0v) is 17.0. The van der Waals surface area contributed by atoms with Crippen molar-refractivity contribution in [1.82, 2.24) is 9.88 Å². The summed E-state index contributed by atoms with van der Waals surface area (Å²) >= 11 is 0. The number of nitrogens with zero attached hydrogens (tertiary/aromatic N) is 2. The van der Waals surface area contributed by atoms with Crippen molar-refractivity contribution in [2.45, 2.75) is 12.5 Å². The number of nitrogens with one attached hydrogen (secondary N) is 1. The topological polar surface area (TPSA) is 118 Å². The van der Waals surface area contributed by atoms with Gasteiger partial charge < -0.3 is 25.8 Å². The van der Waals surface area contributed by atoms with Gasteiger partial charge in [0, 0.05) is 24.7 Å². The Morgan fingerprint density at radius 2 is 2.13 bits per heavy atom. The van der Waals surface area contributed by atoms with E-state index in [9.17, 15) is 14.0 Å². The third-order valence-corrected chi connectivity index (χ3v) is 4.70. The Balaban J connectivity index is 1.83. The molecule has 1 aromatic heterocycles. The summed E-state index contributed by atoms with van der Waals surface area (Å²) in [5.41, 5.74) is 6.83. The highest BCUT2D eigenvalue weighted by molar-refractivity contribution is 5.97. The molecule has 0 spiro atoms. The van der Waals surface area contributed by atoms with Gasteiger partial charge in [-0.25, -0.2) is 9.37 Å². The molecule has 0 radical (unpaired) electrons. The largest absolute Gasteiger partial charge is 0.395 e. The lowest BCUT2D eigenvalue weighted by Gasteiger charge is -2.28. The van der Waals surface area contributed by atoms with E-state index in [0.29, 0.717) is 24.5 Å². The summed E-state index contributed by atoms with van der Waals surface area (Å²) in [4.78, 5) is 29.4. The normalized spacial score (nSPS) is 13.0.